The maximum absolute atomic E-state index is 12.7. The fourth-order valence-corrected chi connectivity index (χ4v) is 3.79. The Bertz CT molecular complexity index is 921. The minimum absolute atomic E-state index is 0.162. The highest BCUT2D eigenvalue weighted by Crippen LogP contribution is 2.39. The van der Waals surface area contributed by atoms with Gasteiger partial charge in [0.2, 0.25) is 11.8 Å². The van der Waals surface area contributed by atoms with E-state index in [-0.39, 0.29) is 23.6 Å². The molecule has 6 heteroatoms. The summed E-state index contributed by atoms with van der Waals surface area (Å²) in [5, 5.41) is 12.3. The number of carbonyl (C=O) groups is 2. The summed E-state index contributed by atoms with van der Waals surface area (Å²) >= 11 is 0. The van der Waals surface area contributed by atoms with E-state index in [0.29, 0.717) is 18.9 Å². The zero-order valence-corrected chi connectivity index (χ0v) is 16.1. The van der Waals surface area contributed by atoms with Gasteiger partial charge in [0.25, 0.3) is 0 Å². The predicted molar refractivity (Wildman–Crippen MR) is 112 cm³/mol. The van der Waals surface area contributed by atoms with Crippen molar-refractivity contribution in [2.45, 2.75) is 37.3 Å². The topological polar surface area (TPSA) is 95.7 Å². The van der Waals surface area contributed by atoms with Crippen molar-refractivity contribution in [2.24, 2.45) is 5.73 Å². The van der Waals surface area contributed by atoms with Gasteiger partial charge in [-0.05, 0) is 60.7 Å². The Labute approximate surface area is 170 Å². The molecule has 0 spiro atoms. The number of phenolic OH excluding ortho intramolecular Hbond substituents is 1. The molecule has 1 saturated heterocycles. The highest BCUT2D eigenvalue weighted by atomic mass is 16.3. The number of likely N-dealkylation sites (tertiary alicyclic amines) is 1. The molecule has 6 nitrogen and oxygen atoms in total. The van der Waals surface area contributed by atoms with E-state index < -0.39 is 6.04 Å². The average Bonchev–Trinajstić information content (AvgIpc) is 3.25. The number of hydrogen-bond donors (Lipinski definition) is 3. The van der Waals surface area contributed by atoms with Crippen LogP contribution in [0.1, 0.15) is 36.3 Å². The first kappa shape index (κ1) is 19.2. The molecule has 3 atom stereocenters. The molecule has 2 unspecified atom stereocenters. The Morgan fingerprint density at radius 1 is 1.10 bits per heavy atom. The summed E-state index contributed by atoms with van der Waals surface area (Å²) in [6, 6.07) is 14.2. The third-order valence-corrected chi connectivity index (χ3v) is 5.60. The molecule has 29 heavy (non-hydrogen) atoms. The quantitative estimate of drug-likeness (QED) is 0.683. The van der Waals surface area contributed by atoms with E-state index in [1.165, 1.54) is 11.6 Å². The summed E-state index contributed by atoms with van der Waals surface area (Å²) in [6.07, 6.45) is 5.64. The molecule has 2 fully saturated rings. The van der Waals surface area contributed by atoms with Crippen LogP contribution in [0.2, 0.25) is 0 Å². The van der Waals surface area contributed by atoms with E-state index in [1.807, 2.05) is 24.3 Å². The molecule has 1 heterocycles. The lowest BCUT2D eigenvalue weighted by Crippen LogP contribution is -2.42. The Hall–Kier alpha value is -3.12. The van der Waals surface area contributed by atoms with E-state index in [4.69, 9.17) is 5.73 Å². The van der Waals surface area contributed by atoms with Crippen LogP contribution >= 0.6 is 0 Å². The lowest BCUT2D eigenvalue weighted by Gasteiger charge is -2.22. The van der Waals surface area contributed by atoms with Gasteiger partial charge in [0.05, 0.1) is 0 Å². The monoisotopic (exact) mass is 391 g/mol. The van der Waals surface area contributed by atoms with E-state index in [0.717, 1.165) is 24.1 Å². The van der Waals surface area contributed by atoms with Gasteiger partial charge < -0.3 is 21.1 Å². The van der Waals surface area contributed by atoms with E-state index in [9.17, 15) is 14.7 Å². The van der Waals surface area contributed by atoms with Gasteiger partial charge in [-0.2, -0.15) is 0 Å². The Balaban J connectivity index is 1.37. The van der Waals surface area contributed by atoms with Crippen LogP contribution < -0.4 is 11.1 Å². The zero-order chi connectivity index (χ0) is 20.4. The molecule has 1 aliphatic carbocycles. The molecule has 0 aromatic heterocycles. The zero-order valence-electron chi connectivity index (χ0n) is 16.1. The van der Waals surface area contributed by atoms with Crippen molar-refractivity contribution in [1.82, 2.24) is 4.90 Å². The van der Waals surface area contributed by atoms with Crippen molar-refractivity contribution in [3.8, 4) is 5.75 Å². The molecular weight excluding hydrogens is 366 g/mol. The molecule has 1 aliphatic heterocycles. The van der Waals surface area contributed by atoms with Crippen LogP contribution in [0.25, 0.3) is 6.08 Å². The molecule has 4 rings (SSSR count). The SMILES string of the molecule is NC1CC1c1ccc(NC(=O)[C@@H]2CCCN2C(=O)/C=C/c2ccc(O)cc2)cc1. The molecule has 150 valence electrons. The number of amides is 2. The second-order valence-electron chi connectivity index (χ2n) is 7.73. The summed E-state index contributed by atoms with van der Waals surface area (Å²) in [4.78, 5) is 27.0. The molecule has 1 saturated carbocycles. The lowest BCUT2D eigenvalue weighted by atomic mass is 10.1. The molecule has 2 aromatic carbocycles. The second-order valence-corrected chi connectivity index (χ2v) is 7.73. The Morgan fingerprint density at radius 2 is 1.79 bits per heavy atom. The number of phenols is 1. The standard InChI is InChI=1S/C23H25N3O3/c24-20-14-19(20)16-6-8-17(9-7-16)25-23(29)21-2-1-13-26(21)22(28)12-5-15-3-10-18(27)11-4-15/h3-12,19-21,27H,1-2,13-14,24H2,(H,25,29)/b12-5+/t19?,20?,21-/m0/s1. The van der Waals surface area contributed by atoms with Crippen molar-refractivity contribution in [3.63, 3.8) is 0 Å². The van der Waals surface area contributed by atoms with Gasteiger partial charge in [-0.15, -0.1) is 0 Å². The maximum Gasteiger partial charge on any atom is 0.247 e. The van der Waals surface area contributed by atoms with Gasteiger partial charge in [-0.1, -0.05) is 24.3 Å². The highest BCUT2D eigenvalue weighted by molar-refractivity contribution is 6.00. The van der Waals surface area contributed by atoms with Crippen LogP contribution in [-0.2, 0) is 9.59 Å². The van der Waals surface area contributed by atoms with Gasteiger partial charge in [0.15, 0.2) is 0 Å². The third-order valence-electron chi connectivity index (χ3n) is 5.60. The van der Waals surface area contributed by atoms with Gasteiger partial charge in [0, 0.05) is 30.3 Å². The van der Waals surface area contributed by atoms with Crippen LogP contribution in [0.5, 0.6) is 5.75 Å². The summed E-state index contributed by atoms with van der Waals surface area (Å²) in [7, 11) is 0. The average molecular weight is 391 g/mol. The summed E-state index contributed by atoms with van der Waals surface area (Å²) < 4.78 is 0. The number of aromatic hydroxyl groups is 1. The van der Waals surface area contributed by atoms with Gasteiger partial charge in [0.1, 0.15) is 11.8 Å². The van der Waals surface area contributed by atoms with Crippen LogP contribution in [-0.4, -0.2) is 40.4 Å². The third kappa shape index (κ3) is 4.49. The first-order valence-corrected chi connectivity index (χ1v) is 9.95. The summed E-state index contributed by atoms with van der Waals surface area (Å²) in [6.45, 7) is 0.565. The van der Waals surface area contributed by atoms with Gasteiger partial charge in [-0.25, -0.2) is 0 Å². The number of hydrogen-bond acceptors (Lipinski definition) is 4. The summed E-state index contributed by atoms with van der Waals surface area (Å²) in [5.74, 6) is 0.263. The van der Waals surface area contributed by atoms with Gasteiger partial charge in [-0.3, -0.25) is 9.59 Å². The van der Waals surface area contributed by atoms with Crippen LogP contribution in [0.4, 0.5) is 5.69 Å². The predicted octanol–water partition coefficient (Wildman–Crippen LogP) is 2.85. The van der Waals surface area contributed by atoms with Crippen LogP contribution in [0.3, 0.4) is 0 Å². The number of nitrogens with zero attached hydrogens (tertiary/aromatic N) is 1. The number of nitrogens with one attached hydrogen (secondary N) is 1. The molecule has 2 aliphatic rings. The maximum atomic E-state index is 12.7. The van der Waals surface area contributed by atoms with Crippen LogP contribution in [0.15, 0.2) is 54.6 Å². The molecule has 0 bridgehead atoms. The number of anilines is 1. The molecule has 4 N–H and O–H groups in total. The normalized spacial score (nSPS) is 23.3. The smallest absolute Gasteiger partial charge is 0.247 e. The minimum Gasteiger partial charge on any atom is -0.508 e. The molecule has 2 amide bonds. The highest BCUT2D eigenvalue weighted by Gasteiger charge is 2.35. The Morgan fingerprint density at radius 3 is 2.45 bits per heavy atom. The fraction of sp³-hybridized carbons (Fsp3) is 0.304. The Kier molecular flexibility index (Phi) is 5.36. The van der Waals surface area contributed by atoms with E-state index in [2.05, 4.69) is 5.32 Å². The van der Waals surface area contributed by atoms with Crippen molar-refractivity contribution in [3.05, 3.63) is 65.7 Å². The largest absolute Gasteiger partial charge is 0.508 e. The second kappa shape index (κ2) is 8.09. The van der Waals surface area contributed by atoms with Gasteiger partial charge >= 0.3 is 0 Å². The van der Waals surface area contributed by atoms with Crippen molar-refractivity contribution >= 4 is 23.6 Å². The van der Waals surface area contributed by atoms with E-state index in [1.54, 1.807) is 35.2 Å². The minimum atomic E-state index is -0.469. The number of carbonyl (C=O) groups excluding carboxylic acids is 2. The van der Waals surface area contributed by atoms with Crippen molar-refractivity contribution in [2.75, 3.05) is 11.9 Å². The number of nitrogens with two attached hydrogens (primary N) is 1. The lowest BCUT2D eigenvalue weighted by molar-refractivity contribution is -0.132. The molecular formula is C23H25N3O3. The van der Waals surface area contributed by atoms with Crippen molar-refractivity contribution < 1.29 is 14.7 Å². The van der Waals surface area contributed by atoms with E-state index >= 15 is 0 Å². The summed E-state index contributed by atoms with van der Waals surface area (Å²) in [5.41, 5.74) is 8.63. The number of benzene rings is 2. The number of rotatable bonds is 5. The fourth-order valence-electron chi connectivity index (χ4n) is 3.79. The van der Waals surface area contributed by atoms with Crippen LogP contribution in [0, 0.1) is 0 Å². The first-order chi connectivity index (χ1) is 14.0. The van der Waals surface area contributed by atoms with Crippen molar-refractivity contribution in [1.29, 1.82) is 0 Å². The molecule has 0 radical (unpaired) electrons. The molecule has 2 aromatic rings. The first-order valence-electron chi connectivity index (χ1n) is 9.95.